The molecule has 0 aromatic heterocycles. The van der Waals surface area contributed by atoms with Crippen molar-refractivity contribution in [3.8, 4) is 57.4 Å². The Morgan fingerprint density at radius 3 is 1.04 bits per heavy atom. The molecule has 0 N–H and O–H groups in total. The van der Waals surface area contributed by atoms with Crippen molar-refractivity contribution in [3.63, 3.8) is 0 Å². The second-order valence-electron chi connectivity index (χ2n) is 12.4. The van der Waals surface area contributed by atoms with E-state index in [1.54, 1.807) is 0 Å². The molecule has 6 heteroatoms. The summed E-state index contributed by atoms with van der Waals surface area (Å²) in [6.45, 7) is 2.16. The van der Waals surface area contributed by atoms with Gasteiger partial charge in [-0.2, -0.15) is 10.5 Å². The van der Waals surface area contributed by atoms with Gasteiger partial charge >= 0.3 is 0 Å². The standard InChI is InChI=1S/C45H28N4O2/c1-29-44(32-22-18-30(27-46)19-23-32)38(48-34-10-2-6-14-40(34)50-41-15-7-3-11-35(41)48)26-39(45(29)33-24-20-31(28-47)21-25-33)49-36-12-4-8-16-42(36)51-43-17-9-5-13-37(43)49/h2-26H,1H3. The van der Waals surface area contributed by atoms with Crippen LogP contribution in [0.3, 0.4) is 0 Å². The minimum absolute atomic E-state index is 0.588. The second-order valence-corrected chi connectivity index (χ2v) is 12.4. The summed E-state index contributed by atoms with van der Waals surface area (Å²) >= 11 is 0. The molecule has 0 aliphatic carbocycles. The monoisotopic (exact) mass is 656 g/mol. The van der Waals surface area contributed by atoms with Crippen LogP contribution in [0.2, 0.25) is 0 Å². The number of nitriles is 2. The molecule has 0 amide bonds. The van der Waals surface area contributed by atoms with E-state index in [4.69, 9.17) is 9.47 Å². The summed E-state index contributed by atoms with van der Waals surface area (Å²) < 4.78 is 12.9. The van der Waals surface area contributed by atoms with E-state index in [1.165, 1.54) is 0 Å². The fourth-order valence-electron chi connectivity index (χ4n) is 7.22. The summed E-state index contributed by atoms with van der Waals surface area (Å²) in [4.78, 5) is 4.55. The van der Waals surface area contributed by atoms with Crippen LogP contribution in [0, 0.1) is 29.6 Å². The Kier molecular flexibility index (Phi) is 7.02. The molecule has 0 saturated carbocycles. The SMILES string of the molecule is Cc1c(-c2ccc(C#N)cc2)c(N2c3ccccc3Oc3ccccc32)cc(N2c3ccccc3Oc3ccccc32)c1-c1ccc(C#N)cc1. The van der Waals surface area contributed by atoms with Crippen molar-refractivity contribution < 1.29 is 9.47 Å². The van der Waals surface area contributed by atoms with Crippen LogP contribution >= 0.6 is 0 Å². The molecule has 7 aromatic rings. The molecule has 240 valence electrons. The summed E-state index contributed by atoms with van der Waals surface area (Å²) in [5.41, 5.74) is 11.7. The van der Waals surface area contributed by atoms with Crippen molar-refractivity contribution in [1.29, 1.82) is 10.5 Å². The molecular formula is C45H28N4O2. The maximum atomic E-state index is 9.70. The number of para-hydroxylation sites is 8. The van der Waals surface area contributed by atoms with Crippen molar-refractivity contribution in [2.75, 3.05) is 9.80 Å². The molecule has 2 aliphatic rings. The normalized spacial score (nSPS) is 12.2. The van der Waals surface area contributed by atoms with Crippen molar-refractivity contribution in [2.45, 2.75) is 6.92 Å². The molecule has 0 unspecified atom stereocenters. The maximum Gasteiger partial charge on any atom is 0.151 e. The lowest BCUT2D eigenvalue weighted by atomic mass is 9.87. The molecular weight excluding hydrogens is 629 g/mol. The van der Waals surface area contributed by atoms with Crippen LogP contribution in [0.1, 0.15) is 16.7 Å². The first kappa shape index (κ1) is 29.8. The molecule has 2 heterocycles. The van der Waals surface area contributed by atoms with E-state index in [2.05, 4.69) is 59.2 Å². The fourth-order valence-corrected chi connectivity index (χ4v) is 7.22. The predicted molar refractivity (Wildman–Crippen MR) is 201 cm³/mol. The van der Waals surface area contributed by atoms with Gasteiger partial charge in [-0.15, -0.1) is 0 Å². The largest absolute Gasteiger partial charge is 0.453 e. The lowest BCUT2D eigenvalue weighted by Crippen LogP contribution is -2.20. The third-order valence-electron chi connectivity index (χ3n) is 9.49. The van der Waals surface area contributed by atoms with Gasteiger partial charge in [0.25, 0.3) is 0 Å². The minimum atomic E-state index is 0.588. The van der Waals surface area contributed by atoms with E-state index >= 15 is 0 Å². The number of fused-ring (bicyclic) bond motifs is 4. The molecule has 0 atom stereocenters. The lowest BCUT2D eigenvalue weighted by Gasteiger charge is -2.38. The zero-order valence-corrected chi connectivity index (χ0v) is 27.5. The fraction of sp³-hybridized carbons (Fsp3) is 0.0222. The summed E-state index contributed by atoms with van der Waals surface area (Å²) in [6, 6.07) is 54.7. The summed E-state index contributed by atoms with van der Waals surface area (Å²) in [6.07, 6.45) is 0. The van der Waals surface area contributed by atoms with E-state index < -0.39 is 0 Å². The molecule has 0 bridgehead atoms. The zero-order chi connectivity index (χ0) is 34.5. The van der Waals surface area contributed by atoms with Crippen molar-refractivity contribution in [1.82, 2.24) is 0 Å². The van der Waals surface area contributed by atoms with Crippen LogP contribution in [-0.4, -0.2) is 0 Å². The minimum Gasteiger partial charge on any atom is -0.453 e. The Hall–Kier alpha value is -7.28. The van der Waals surface area contributed by atoms with Crippen LogP contribution in [0.25, 0.3) is 22.3 Å². The number of anilines is 6. The van der Waals surface area contributed by atoms with Crippen LogP contribution in [-0.2, 0) is 0 Å². The summed E-state index contributed by atoms with van der Waals surface area (Å²) in [7, 11) is 0. The van der Waals surface area contributed by atoms with Crippen molar-refractivity contribution in [3.05, 3.63) is 168 Å². The third-order valence-corrected chi connectivity index (χ3v) is 9.49. The highest BCUT2D eigenvalue weighted by atomic mass is 16.5. The molecule has 0 saturated heterocycles. The highest BCUT2D eigenvalue weighted by Gasteiger charge is 2.33. The maximum absolute atomic E-state index is 9.70. The Morgan fingerprint density at radius 1 is 0.412 bits per heavy atom. The molecule has 7 aromatic carbocycles. The molecule has 0 spiro atoms. The van der Waals surface area contributed by atoms with Gasteiger partial charge in [0.05, 0.1) is 57.4 Å². The summed E-state index contributed by atoms with van der Waals surface area (Å²) in [5.74, 6) is 3.00. The average Bonchev–Trinajstić information content (AvgIpc) is 3.19. The van der Waals surface area contributed by atoms with E-state index in [9.17, 15) is 10.5 Å². The van der Waals surface area contributed by atoms with E-state index in [1.807, 2.05) is 121 Å². The Bertz CT molecular complexity index is 2310. The smallest absolute Gasteiger partial charge is 0.151 e. The van der Waals surface area contributed by atoms with Crippen LogP contribution < -0.4 is 19.3 Å². The van der Waals surface area contributed by atoms with Crippen LogP contribution in [0.15, 0.2) is 152 Å². The van der Waals surface area contributed by atoms with E-state index in [0.29, 0.717) is 11.1 Å². The second kappa shape index (κ2) is 12.0. The first-order valence-corrected chi connectivity index (χ1v) is 16.6. The number of nitrogens with zero attached hydrogens (tertiary/aromatic N) is 4. The van der Waals surface area contributed by atoms with Crippen LogP contribution in [0.4, 0.5) is 34.1 Å². The number of benzene rings is 7. The number of hydrogen-bond acceptors (Lipinski definition) is 6. The molecule has 51 heavy (non-hydrogen) atoms. The van der Waals surface area contributed by atoms with Gasteiger partial charge in [0.1, 0.15) is 0 Å². The number of ether oxygens (including phenoxy) is 2. The van der Waals surface area contributed by atoms with E-state index in [0.717, 1.165) is 84.9 Å². The van der Waals surface area contributed by atoms with Gasteiger partial charge in [-0.05, 0) is 102 Å². The van der Waals surface area contributed by atoms with E-state index in [-0.39, 0.29) is 0 Å². The molecule has 2 aliphatic heterocycles. The number of rotatable bonds is 4. The van der Waals surface area contributed by atoms with Gasteiger partial charge in [-0.1, -0.05) is 72.8 Å². The van der Waals surface area contributed by atoms with Crippen molar-refractivity contribution >= 4 is 34.1 Å². The van der Waals surface area contributed by atoms with Gasteiger partial charge < -0.3 is 19.3 Å². The number of hydrogen-bond donors (Lipinski definition) is 0. The quantitative estimate of drug-likeness (QED) is 0.188. The average molecular weight is 657 g/mol. The van der Waals surface area contributed by atoms with Gasteiger partial charge in [0.15, 0.2) is 23.0 Å². The van der Waals surface area contributed by atoms with Gasteiger partial charge in [0, 0.05) is 11.1 Å². The molecule has 0 fully saturated rings. The lowest BCUT2D eigenvalue weighted by molar-refractivity contribution is 0.477. The zero-order valence-electron chi connectivity index (χ0n) is 27.5. The Balaban J connectivity index is 1.43. The summed E-state index contributed by atoms with van der Waals surface area (Å²) in [5, 5.41) is 19.4. The first-order chi connectivity index (χ1) is 25.1. The molecule has 9 rings (SSSR count). The van der Waals surface area contributed by atoms with Gasteiger partial charge in [-0.3, -0.25) is 0 Å². The highest BCUT2D eigenvalue weighted by molar-refractivity contribution is 6.03. The van der Waals surface area contributed by atoms with Gasteiger partial charge in [0.2, 0.25) is 0 Å². The first-order valence-electron chi connectivity index (χ1n) is 16.6. The third kappa shape index (κ3) is 4.86. The Morgan fingerprint density at radius 2 is 0.725 bits per heavy atom. The molecule has 6 nitrogen and oxygen atoms in total. The van der Waals surface area contributed by atoms with Crippen LogP contribution in [0.5, 0.6) is 23.0 Å². The Labute approximate surface area is 295 Å². The predicted octanol–water partition coefficient (Wildman–Crippen LogP) is 12.2. The topological polar surface area (TPSA) is 72.5 Å². The molecule has 0 radical (unpaired) electrons. The van der Waals surface area contributed by atoms with Crippen molar-refractivity contribution in [2.24, 2.45) is 0 Å². The highest BCUT2D eigenvalue weighted by Crippen LogP contribution is 2.58. The van der Waals surface area contributed by atoms with Gasteiger partial charge in [-0.25, -0.2) is 0 Å².